The average molecular weight is 436 g/mol. The number of furan rings is 1. The van der Waals surface area contributed by atoms with E-state index in [2.05, 4.69) is 0 Å². The molecular formula is C24H24N2O6. The van der Waals surface area contributed by atoms with E-state index in [-0.39, 0.29) is 23.4 Å². The number of rotatable bonds is 4. The summed E-state index contributed by atoms with van der Waals surface area (Å²) in [6.07, 6.45) is 6.41. The monoisotopic (exact) mass is 436 g/mol. The fourth-order valence-electron chi connectivity index (χ4n) is 3.90. The summed E-state index contributed by atoms with van der Waals surface area (Å²) < 4.78 is 11.4. The Morgan fingerprint density at radius 2 is 1.69 bits per heavy atom. The number of urea groups is 1. The predicted octanol–water partition coefficient (Wildman–Crippen LogP) is 3.87. The first-order valence-electron chi connectivity index (χ1n) is 10.6. The lowest BCUT2D eigenvalue weighted by atomic mass is 9.98. The second kappa shape index (κ2) is 8.82. The van der Waals surface area contributed by atoms with Gasteiger partial charge in [0.15, 0.2) is 0 Å². The molecule has 1 aromatic carbocycles. The highest BCUT2D eigenvalue weighted by molar-refractivity contribution is 6.30. The Hall–Kier alpha value is -3.68. The molecule has 0 radical (unpaired) electrons. The summed E-state index contributed by atoms with van der Waals surface area (Å²) in [5.74, 6) is -0.991. The van der Waals surface area contributed by atoms with Crippen LogP contribution in [0.4, 0.5) is 4.79 Å². The Labute approximate surface area is 185 Å². The first-order valence-corrected chi connectivity index (χ1v) is 10.6. The van der Waals surface area contributed by atoms with Crippen molar-refractivity contribution in [2.24, 2.45) is 0 Å². The molecule has 1 aliphatic carbocycles. The maximum absolute atomic E-state index is 12.6. The van der Waals surface area contributed by atoms with Gasteiger partial charge in [0.2, 0.25) is 0 Å². The first-order chi connectivity index (χ1) is 15.3. The van der Waals surface area contributed by atoms with Crippen LogP contribution in [0.15, 0.2) is 46.4 Å². The number of benzene rings is 1. The van der Waals surface area contributed by atoms with Gasteiger partial charge in [-0.3, -0.25) is 19.4 Å². The summed E-state index contributed by atoms with van der Waals surface area (Å²) in [6, 6.07) is 9.55. The Morgan fingerprint density at radius 1 is 1.00 bits per heavy atom. The number of barbiturate groups is 1. The standard InChI is InChI=1S/C24H24N2O6/c1-25-21(27)19(22(28)26(2)24(25)30)14-18-11-12-20(31-18)15-7-6-8-16(13-15)23(29)32-17-9-4-3-5-10-17/h6-8,11-14,17H,3-5,9-10H2,1-2H3. The van der Waals surface area contributed by atoms with E-state index >= 15 is 0 Å². The maximum atomic E-state index is 12.6. The van der Waals surface area contributed by atoms with E-state index in [0.717, 1.165) is 35.5 Å². The van der Waals surface area contributed by atoms with Crippen LogP contribution >= 0.6 is 0 Å². The summed E-state index contributed by atoms with van der Waals surface area (Å²) >= 11 is 0. The van der Waals surface area contributed by atoms with E-state index in [1.807, 2.05) is 0 Å². The third kappa shape index (κ3) is 4.21. The molecule has 2 aromatic rings. The van der Waals surface area contributed by atoms with Crippen LogP contribution in [0.25, 0.3) is 17.4 Å². The van der Waals surface area contributed by atoms with E-state index in [9.17, 15) is 19.2 Å². The molecule has 8 heteroatoms. The van der Waals surface area contributed by atoms with Crippen LogP contribution < -0.4 is 0 Å². The van der Waals surface area contributed by atoms with Crippen LogP contribution in [0.2, 0.25) is 0 Å². The largest absolute Gasteiger partial charge is 0.459 e. The Bertz CT molecular complexity index is 1080. The van der Waals surface area contributed by atoms with Crippen molar-refractivity contribution < 1.29 is 28.3 Å². The molecule has 166 valence electrons. The number of esters is 1. The van der Waals surface area contributed by atoms with Crippen LogP contribution in [0, 0.1) is 0 Å². The van der Waals surface area contributed by atoms with Crippen LogP contribution in [0.3, 0.4) is 0 Å². The zero-order valence-electron chi connectivity index (χ0n) is 18.0. The maximum Gasteiger partial charge on any atom is 0.338 e. The highest BCUT2D eigenvalue weighted by Crippen LogP contribution is 2.27. The van der Waals surface area contributed by atoms with Gasteiger partial charge in [-0.25, -0.2) is 9.59 Å². The molecule has 4 amide bonds. The normalized spacial score (nSPS) is 17.7. The SMILES string of the molecule is CN1C(=O)C(=Cc2ccc(-c3cccc(C(=O)OC4CCCCC4)c3)o2)C(=O)N(C)C1=O. The molecule has 1 aliphatic heterocycles. The number of nitrogens with zero attached hydrogens (tertiary/aromatic N) is 2. The molecular weight excluding hydrogens is 412 g/mol. The van der Waals surface area contributed by atoms with E-state index in [4.69, 9.17) is 9.15 Å². The molecule has 32 heavy (non-hydrogen) atoms. The van der Waals surface area contributed by atoms with Gasteiger partial charge >= 0.3 is 12.0 Å². The molecule has 1 saturated carbocycles. The van der Waals surface area contributed by atoms with Gasteiger partial charge in [-0.05, 0) is 56.0 Å². The van der Waals surface area contributed by atoms with Gasteiger partial charge < -0.3 is 9.15 Å². The molecule has 2 fully saturated rings. The topological polar surface area (TPSA) is 97.1 Å². The smallest absolute Gasteiger partial charge is 0.338 e. The van der Waals surface area contributed by atoms with Gasteiger partial charge in [0.1, 0.15) is 23.2 Å². The van der Waals surface area contributed by atoms with Gasteiger partial charge in [0.25, 0.3) is 11.8 Å². The zero-order chi connectivity index (χ0) is 22.8. The van der Waals surface area contributed by atoms with Crippen molar-refractivity contribution in [1.29, 1.82) is 0 Å². The third-order valence-electron chi connectivity index (χ3n) is 5.77. The first kappa shape index (κ1) is 21.5. The van der Waals surface area contributed by atoms with E-state index < -0.39 is 17.8 Å². The lowest BCUT2D eigenvalue weighted by Crippen LogP contribution is -2.52. The molecule has 1 saturated heterocycles. The van der Waals surface area contributed by atoms with Crippen molar-refractivity contribution in [2.45, 2.75) is 38.2 Å². The van der Waals surface area contributed by atoms with Crippen molar-refractivity contribution in [3.63, 3.8) is 0 Å². The second-order valence-corrected chi connectivity index (χ2v) is 8.02. The van der Waals surface area contributed by atoms with Crippen molar-refractivity contribution in [2.75, 3.05) is 14.1 Å². The van der Waals surface area contributed by atoms with Crippen molar-refractivity contribution in [3.8, 4) is 11.3 Å². The molecule has 8 nitrogen and oxygen atoms in total. The number of hydrogen-bond donors (Lipinski definition) is 0. The lowest BCUT2D eigenvalue weighted by molar-refractivity contribution is -0.134. The molecule has 2 aliphatic rings. The van der Waals surface area contributed by atoms with E-state index in [1.54, 1.807) is 36.4 Å². The fraction of sp³-hybridized carbons (Fsp3) is 0.333. The molecule has 4 rings (SSSR count). The van der Waals surface area contributed by atoms with E-state index in [0.29, 0.717) is 16.9 Å². The van der Waals surface area contributed by atoms with Crippen molar-refractivity contribution >= 4 is 29.9 Å². The summed E-state index contributed by atoms with van der Waals surface area (Å²) in [5, 5.41) is 0. The minimum Gasteiger partial charge on any atom is -0.459 e. The van der Waals surface area contributed by atoms with Crippen LogP contribution in [0.5, 0.6) is 0 Å². The van der Waals surface area contributed by atoms with Gasteiger partial charge in [0.05, 0.1) is 5.56 Å². The zero-order valence-corrected chi connectivity index (χ0v) is 18.0. The number of amides is 4. The quantitative estimate of drug-likeness (QED) is 0.410. The van der Waals surface area contributed by atoms with Gasteiger partial charge in [-0.2, -0.15) is 0 Å². The predicted molar refractivity (Wildman–Crippen MR) is 115 cm³/mol. The number of imide groups is 2. The van der Waals surface area contributed by atoms with Gasteiger partial charge in [0, 0.05) is 19.7 Å². The average Bonchev–Trinajstić information content (AvgIpc) is 3.29. The number of likely N-dealkylation sites (N-methyl/N-ethyl adjacent to an activating group) is 2. The Balaban J connectivity index is 1.54. The van der Waals surface area contributed by atoms with Crippen molar-refractivity contribution in [1.82, 2.24) is 9.80 Å². The Morgan fingerprint density at radius 3 is 2.38 bits per heavy atom. The van der Waals surface area contributed by atoms with E-state index in [1.165, 1.54) is 26.6 Å². The summed E-state index contributed by atoms with van der Waals surface area (Å²) in [4.78, 5) is 50.9. The Kier molecular flexibility index (Phi) is 5.94. The second-order valence-electron chi connectivity index (χ2n) is 8.02. The number of hydrogen-bond acceptors (Lipinski definition) is 6. The van der Waals surface area contributed by atoms with Crippen molar-refractivity contribution in [3.05, 3.63) is 53.3 Å². The lowest BCUT2D eigenvalue weighted by Gasteiger charge is -2.28. The molecule has 0 spiro atoms. The number of ether oxygens (including phenoxy) is 1. The van der Waals surface area contributed by atoms with Gasteiger partial charge in [-0.15, -0.1) is 0 Å². The highest BCUT2D eigenvalue weighted by atomic mass is 16.5. The van der Waals surface area contributed by atoms with Crippen LogP contribution in [-0.4, -0.2) is 53.8 Å². The van der Waals surface area contributed by atoms with Gasteiger partial charge in [-0.1, -0.05) is 18.6 Å². The minimum absolute atomic E-state index is 0.0320. The number of carbonyl (C=O) groups excluding carboxylic acids is 4. The summed E-state index contributed by atoms with van der Waals surface area (Å²) in [7, 11) is 2.62. The minimum atomic E-state index is -0.691. The molecule has 2 heterocycles. The molecule has 0 N–H and O–H groups in total. The summed E-state index contributed by atoms with van der Waals surface area (Å²) in [5.41, 5.74) is 0.933. The third-order valence-corrected chi connectivity index (χ3v) is 5.77. The molecule has 0 bridgehead atoms. The highest BCUT2D eigenvalue weighted by Gasteiger charge is 2.38. The molecule has 0 atom stereocenters. The van der Waals surface area contributed by atoms with Crippen LogP contribution in [-0.2, 0) is 14.3 Å². The number of carbonyl (C=O) groups is 4. The fourth-order valence-corrected chi connectivity index (χ4v) is 3.90. The molecule has 1 aromatic heterocycles. The summed E-state index contributed by atoms with van der Waals surface area (Å²) in [6.45, 7) is 0. The van der Waals surface area contributed by atoms with Crippen LogP contribution in [0.1, 0.15) is 48.2 Å². The molecule has 0 unspecified atom stereocenters.